The fourth-order valence-corrected chi connectivity index (χ4v) is 3.14. The van der Waals surface area contributed by atoms with Gasteiger partial charge in [0.2, 0.25) is 0 Å². The number of nitrogens with one attached hydrogen (secondary N) is 1. The molecular weight excluding hydrogens is 260 g/mol. The minimum Gasteiger partial charge on any atom is -0.383 e. The largest absolute Gasteiger partial charge is 0.383 e. The molecule has 1 saturated heterocycles. The first kappa shape index (κ1) is 14.3. The van der Waals surface area contributed by atoms with Gasteiger partial charge < -0.3 is 10.2 Å². The number of anilines is 1. The number of rotatable bonds is 5. The van der Waals surface area contributed by atoms with Crippen LogP contribution in [0.25, 0.3) is 10.9 Å². The third-order valence-corrected chi connectivity index (χ3v) is 4.42. The van der Waals surface area contributed by atoms with Crippen LogP contribution in [0.2, 0.25) is 0 Å². The molecular formula is C17H24N4. The molecule has 1 aliphatic rings. The van der Waals surface area contributed by atoms with Gasteiger partial charge in [0, 0.05) is 24.5 Å². The molecule has 0 bridgehead atoms. The molecule has 112 valence electrons. The molecule has 0 saturated carbocycles. The maximum atomic E-state index is 4.16. The van der Waals surface area contributed by atoms with Crippen molar-refractivity contribution in [1.29, 1.82) is 0 Å². The number of nitrogens with zero attached hydrogens (tertiary/aromatic N) is 3. The van der Waals surface area contributed by atoms with Crippen LogP contribution < -0.4 is 5.32 Å². The maximum absolute atomic E-state index is 4.16. The van der Waals surface area contributed by atoms with Gasteiger partial charge in [0.25, 0.3) is 0 Å². The summed E-state index contributed by atoms with van der Waals surface area (Å²) in [5, 5.41) is 12.9. The number of benzene rings is 1. The zero-order valence-electron chi connectivity index (χ0n) is 12.8. The normalized spacial score (nSPS) is 19.8. The van der Waals surface area contributed by atoms with E-state index in [1.807, 2.05) is 24.4 Å². The zero-order valence-corrected chi connectivity index (χ0v) is 12.8. The Balaban J connectivity index is 1.52. The van der Waals surface area contributed by atoms with E-state index < -0.39 is 0 Å². The van der Waals surface area contributed by atoms with Crippen LogP contribution in [0, 0.1) is 0 Å². The first-order chi connectivity index (χ1) is 10.3. The summed E-state index contributed by atoms with van der Waals surface area (Å²) >= 11 is 0. The monoisotopic (exact) mass is 284 g/mol. The van der Waals surface area contributed by atoms with E-state index in [-0.39, 0.29) is 0 Å². The molecule has 4 heteroatoms. The molecule has 4 nitrogen and oxygen atoms in total. The molecule has 21 heavy (non-hydrogen) atoms. The highest BCUT2D eigenvalue weighted by molar-refractivity contribution is 5.90. The van der Waals surface area contributed by atoms with Gasteiger partial charge in [-0.2, -0.15) is 10.2 Å². The highest BCUT2D eigenvalue weighted by Crippen LogP contribution is 2.20. The summed E-state index contributed by atoms with van der Waals surface area (Å²) in [5.41, 5.74) is 2.04. The minimum atomic E-state index is 0.752. The van der Waals surface area contributed by atoms with Gasteiger partial charge in [-0.1, -0.05) is 24.6 Å². The van der Waals surface area contributed by atoms with Crippen LogP contribution >= 0.6 is 0 Å². The lowest BCUT2D eigenvalue weighted by atomic mass is 10.0. The SMILES string of the molecule is CC1CCCCN1CCCNc1cnnc2ccccc12. The fourth-order valence-electron chi connectivity index (χ4n) is 3.14. The van der Waals surface area contributed by atoms with Gasteiger partial charge in [0.15, 0.2) is 0 Å². The van der Waals surface area contributed by atoms with Gasteiger partial charge in [0.1, 0.15) is 0 Å². The fraction of sp³-hybridized carbons (Fsp3) is 0.529. The molecule has 2 heterocycles. The summed E-state index contributed by atoms with van der Waals surface area (Å²) in [4.78, 5) is 2.62. The summed E-state index contributed by atoms with van der Waals surface area (Å²) < 4.78 is 0. The summed E-state index contributed by atoms with van der Waals surface area (Å²) in [7, 11) is 0. The molecule has 1 aromatic carbocycles. The predicted octanol–water partition coefficient (Wildman–Crippen LogP) is 3.31. The number of piperidine rings is 1. The van der Waals surface area contributed by atoms with Crippen molar-refractivity contribution in [2.24, 2.45) is 0 Å². The van der Waals surface area contributed by atoms with E-state index in [0.29, 0.717) is 0 Å². The average molecular weight is 284 g/mol. The average Bonchev–Trinajstić information content (AvgIpc) is 2.53. The highest BCUT2D eigenvalue weighted by atomic mass is 15.2. The molecule has 1 aromatic heterocycles. The molecule has 0 amide bonds. The summed E-state index contributed by atoms with van der Waals surface area (Å²) in [5.74, 6) is 0. The standard InChI is InChI=1S/C17H24N4/c1-14-7-4-5-11-21(14)12-6-10-18-17-13-19-20-16-9-3-2-8-15(16)17/h2-3,8-9,13-14H,4-7,10-12H2,1H3,(H,18,20). The molecule has 0 aliphatic carbocycles. The van der Waals surface area contributed by atoms with E-state index in [4.69, 9.17) is 0 Å². The second-order valence-electron chi connectivity index (χ2n) is 5.94. The lowest BCUT2D eigenvalue weighted by Crippen LogP contribution is -2.38. The van der Waals surface area contributed by atoms with Crippen LogP contribution in [0.5, 0.6) is 0 Å². The molecule has 1 N–H and O–H groups in total. The first-order valence-corrected chi connectivity index (χ1v) is 8.03. The van der Waals surface area contributed by atoms with Crippen LogP contribution in [0.3, 0.4) is 0 Å². The van der Waals surface area contributed by atoms with Crippen LogP contribution in [0.15, 0.2) is 30.5 Å². The number of aromatic nitrogens is 2. The van der Waals surface area contributed by atoms with Gasteiger partial charge in [-0.25, -0.2) is 0 Å². The van der Waals surface area contributed by atoms with E-state index in [9.17, 15) is 0 Å². The predicted molar refractivity (Wildman–Crippen MR) is 87.5 cm³/mol. The van der Waals surface area contributed by atoms with E-state index in [1.54, 1.807) is 0 Å². The van der Waals surface area contributed by atoms with Gasteiger partial charge in [-0.05, 0) is 38.8 Å². The van der Waals surface area contributed by atoms with Crippen molar-refractivity contribution in [2.45, 2.75) is 38.6 Å². The Morgan fingerprint density at radius 3 is 3.10 bits per heavy atom. The Kier molecular flexibility index (Phi) is 4.65. The van der Waals surface area contributed by atoms with E-state index in [2.05, 4.69) is 33.4 Å². The minimum absolute atomic E-state index is 0.752. The number of likely N-dealkylation sites (tertiary alicyclic amines) is 1. The summed E-state index contributed by atoms with van der Waals surface area (Å²) in [6.07, 6.45) is 7.10. The Hall–Kier alpha value is -1.68. The van der Waals surface area contributed by atoms with Gasteiger partial charge in [-0.15, -0.1) is 0 Å². The Morgan fingerprint density at radius 1 is 1.29 bits per heavy atom. The molecule has 0 spiro atoms. The van der Waals surface area contributed by atoms with Gasteiger partial charge >= 0.3 is 0 Å². The van der Waals surface area contributed by atoms with Crippen molar-refractivity contribution in [3.63, 3.8) is 0 Å². The lowest BCUT2D eigenvalue weighted by molar-refractivity contribution is 0.160. The van der Waals surface area contributed by atoms with Crippen molar-refractivity contribution in [3.8, 4) is 0 Å². The molecule has 1 atom stereocenters. The van der Waals surface area contributed by atoms with Crippen molar-refractivity contribution in [2.75, 3.05) is 25.0 Å². The lowest BCUT2D eigenvalue weighted by Gasteiger charge is -2.33. The van der Waals surface area contributed by atoms with Crippen LogP contribution in [0.1, 0.15) is 32.6 Å². The van der Waals surface area contributed by atoms with E-state index in [0.717, 1.165) is 29.2 Å². The van der Waals surface area contributed by atoms with E-state index >= 15 is 0 Å². The van der Waals surface area contributed by atoms with Crippen LogP contribution in [-0.4, -0.2) is 40.8 Å². The Bertz CT molecular complexity index is 579. The molecule has 0 radical (unpaired) electrons. The number of hydrogen-bond acceptors (Lipinski definition) is 4. The second kappa shape index (κ2) is 6.85. The third kappa shape index (κ3) is 3.50. The summed E-state index contributed by atoms with van der Waals surface area (Å²) in [6, 6.07) is 8.90. The zero-order chi connectivity index (χ0) is 14.5. The van der Waals surface area contributed by atoms with E-state index in [1.165, 1.54) is 38.8 Å². The molecule has 3 rings (SSSR count). The third-order valence-electron chi connectivity index (χ3n) is 4.42. The van der Waals surface area contributed by atoms with Gasteiger partial charge in [0.05, 0.1) is 17.4 Å². The summed E-state index contributed by atoms with van der Waals surface area (Å²) in [6.45, 7) is 5.79. The maximum Gasteiger partial charge on any atom is 0.0950 e. The number of fused-ring (bicyclic) bond motifs is 1. The van der Waals surface area contributed by atoms with Crippen LogP contribution in [-0.2, 0) is 0 Å². The first-order valence-electron chi connectivity index (χ1n) is 8.03. The second-order valence-corrected chi connectivity index (χ2v) is 5.94. The Morgan fingerprint density at radius 2 is 2.19 bits per heavy atom. The van der Waals surface area contributed by atoms with Crippen LogP contribution in [0.4, 0.5) is 5.69 Å². The van der Waals surface area contributed by atoms with Crippen molar-refractivity contribution in [3.05, 3.63) is 30.5 Å². The highest BCUT2D eigenvalue weighted by Gasteiger charge is 2.17. The smallest absolute Gasteiger partial charge is 0.0950 e. The van der Waals surface area contributed by atoms with Crippen molar-refractivity contribution >= 4 is 16.6 Å². The molecule has 1 fully saturated rings. The molecule has 2 aromatic rings. The molecule has 1 aliphatic heterocycles. The quantitative estimate of drug-likeness (QED) is 0.855. The van der Waals surface area contributed by atoms with Gasteiger partial charge in [-0.3, -0.25) is 0 Å². The molecule has 1 unspecified atom stereocenters. The topological polar surface area (TPSA) is 41.0 Å². The van der Waals surface area contributed by atoms with Crippen molar-refractivity contribution < 1.29 is 0 Å². The Labute approximate surface area is 126 Å². The van der Waals surface area contributed by atoms with Crippen molar-refractivity contribution in [1.82, 2.24) is 15.1 Å². The number of hydrogen-bond donors (Lipinski definition) is 1.